The van der Waals surface area contributed by atoms with Crippen molar-refractivity contribution < 1.29 is 14.6 Å². The standard InChI is InChI=1S/C8H9N5O4/c1-12-6(10-3-7(12)13(15)16)2-9-5-4-17-11-8(5)14/h2-3,5H,4H2,1H3,(H,11,14). The Labute approximate surface area is 95.2 Å². The van der Waals surface area contributed by atoms with Gasteiger partial charge in [0, 0.05) is 0 Å². The van der Waals surface area contributed by atoms with Gasteiger partial charge in [0.2, 0.25) is 5.82 Å². The van der Waals surface area contributed by atoms with E-state index < -0.39 is 11.0 Å². The molecule has 0 radical (unpaired) electrons. The molecule has 1 unspecified atom stereocenters. The predicted octanol–water partition coefficient (Wildman–Crippen LogP) is -0.823. The summed E-state index contributed by atoms with van der Waals surface area (Å²) >= 11 is 0. The summed E-state index contributed by atoms with van der Waals surface area (Å²) < 4.78 is 1.28. The number of amides is 1. The molecule has 2 rings (SSSR count). The Morgan fingerprint density at radius 1 is 1.82 bits per heavy atom. The first-order valence-electron chi connectivity index (χ1n) is 4.70. The lowest BCUT2D eigenvalue weighted by molar-refractivity contribution is -0.391. The average Bonchev–Trinajstić information content (AvgIpc) is 2.82. The minimum Gasteiger partial charge on any atom is -0.358 e. The van der Waals surface area contributed by atoms with Crippen LogP contribution in [0.1, 0.15) is 5.82 Å². The molecular formula is C8H9N5O4. The fraction of sp³-hybridized carbons (Fsp3) is 0.375. The molecule has 0 aromatic carbocycles. The van der Waals surface area contributed by atoms with Gasteiger partial charge in [-0.05, 0) is 4.92 Å². The first-order chi connectivity index (χ1) is 8.09. The molecule has 9 heteroatoms. The van der Waals surface area contributed by atoms with Crippen LogP contribution in [0, 0.1) is 10.1 Å². The molecule has 1 fully saturated rings. The zero-order chi connectivity index (χ0) is 12.4. The second-order valence-corrected chi connectivity index (χ2v) is 3.36. The number of hydroxylamine groups is 1. The minimum atomic E-state index is -0.634. The molecule has 0 aliphatic carbocycles. The Hall–Kier alpha value is -2.29. The number of carbonyl (C=O) groups is 1. The summed E-state index contributed by atoms with van der Waals surface area (Å²) in [6.07, 6.45) is 2.44. The van der Waals surface area contributed by atoms with E-state index in [-0.39, 0.29) is 18.3 Å². The molecular weight excluding hydrogens is 230 g/mol. The van der Waals surface area contributed by atoms with Crippen molar-refractivity contribution >= 4 is 17.9 Å². The van der Waals surface area contributed by atoms with Crippen LogP contribution in [0.5, 0.6) is 0 Å². The highest BCUT2D eigenvalue weighted by atomic mass is 16.7. The number of hydrogen-bond donors (Lipinski definition) is 1. The third-order valence-electron chi connectivity index (χ3n) is 2.27. The van der Waals surface area contributed by atoms with Crippen molar-refractivity contribution in [3.8, 4) is 0 Å². The van der Waals surface area contributed by atoms with Gasteiger partial charge in [0.05, 0.1) is 13.3 Å². The summed E-state index contributed by atoms with van der Waals surface area (Å²) in [4.78, 5) is 33.6. The average molecular weight is 239 g/mol. The van der Waals surface area contributed by atoms with Crippen molar-refractivity contribution in [2.24, 2.45) is 12.0 Å². The second-order valence-electron chi connectivity index (χ2n) is 3.36. The van der Waals surface area contributed by atoms with E-state index in [2.05, 4.69) is 20.3 Å². The molecule has 1 atom stereocenters. The fourth-order valence-electron chi connectivity index (χ4n) is 1.31. The number of aliphatic imine (C=N–C) groups is 1. The lowest BCUT2D eigenvalue weighted by Crippen LogP contribution is -2.21. The second kappa shape index (κ2) is 4.29. The Bertz CT molecular complexity index is 494. The van der Waals surface area contributed by atoms with E-state index >= 15 is 0 Å². The van der Waals surface area contributed by atoms with Crippen LogP contribution < -0.4 is 5.48 Å². The molecule has 1 aliphatic rings. The number of imidazole rings is 1. The van der Waals surface area contributed by atoms with Crippen molar-refractivity contribution in [3.63, 3.8) is 0 Å². The highest BCUT2D eigenvalue weighted by molar-refractivity contribution is 5.86. The van der Waals surface area contributed by atoms with Gasteiger partial charge in [-0.25, -0.2) is 15.0 Å². The predicted molar refractivity (Wildman–Crippen MR) is 55.3 cm³/mol. The summed E-state index contributed by atoms with van der Waals surface area (Å²) in [5.74, 6) is -0.181. The number of rotatable bonds is 3. The molecule has 1 aromatic rings. The van der Waals surface area contributed by atoms with Gasteiger partial charge in [0.15, 0.2) is 6.04 Å². The summed E-state index contributed by atoms with van der Waals surface area (Å²) in [5, 5.41) is 10.6. The Morgan fingerprint density at radius 3 is 3.12 bits per heavy atom. The van der Waals surface area contributed by atoms with E-state index in [1.807, 2.05) is 0 Å². The first-order valence-corrected chi connectivity index (χ1v) is 4.70. The largest absolute Gasteiger partial charge is 0.358 e. The van der Waals surface area contributed by atoms with Gasteiger partial charge in [0.25, 0.3) is 5.91 Å². The minimum absolute atomic E-state index is 0.140. The topological polar surface area (TPSA) is 112 Å². The Morgan fingerprint density at radius 2 is 2.59 bits per heavy atom. The van der Waals surface area contributed by atoms with E-state index in [0.717, 1.165) is 6.20 Å². The van der Waals surface area contributed by atoms with Crippen LogP contribution >= 0.6 is 0 Å². The van der Waals surface area contributed by atoms with E-state index in [1.54, 1.807) is 0 Å². The molecule has 1 N–H and O–H groups in total. The zero-order valence-electron chi connectivity index (χ0n) is 8.86. The molecule has 0 saturated carbocycles. The molecule has 1 aliphatic heterocycles. The number of nitrogens with zero attached hydrogens (tertiary/aromatic N) is 4. The third-order valence-corrected chi connectivity index (χ3v) is 2.27. The van der Waals surface area contributed by atoms with Crippen molar-refractivity contribution in [2.75, 3.05) is 6.61 Å². The van der Waals surface area contributed by atoms with Crippen molar-refractivity contribution in [2.45, 2.75) is 6.04 Å². The number of nitrogens with one attached hydrogen (secondary N) is 1. The quantitative estimate of drug-likeness (QED) is 0.420. The summed E-state index contributed by atoms with van der Waals surface area (Å²) in [7, 11) is 1.50. The van der Waals surface area contributed by atoms with Crippen molar-refractivity contribution in [3.05, 3.63) is 22.1 Å². The van der Waals surface area contributed by atoms with Gasteiger partial charge < -0.3 is 10.1 Å². The lowest BCUT2D eigenvalue weighted by Gasteiger charge is -1.96. The van der Waals surface area contributed by atoms with Gasteiger partial charge in [-0.15, -0.1) is 0 Å². The SMILES string of the molecule is Cn1c([N+](=O)[O-])cnc1C=NC1CONC1=O. The maximum absolute atomic E-state index is 11.1. The van der Waals surface area contributed by atoms with Gasteiger partial charge >= 0.3 is 5.82 Å². The van der Waals surface area contributed by atoms with Crippen molar-refractivity contribution in [1.29, 1.82) is 0 Å². The van der Waals surface area contributed by atoms with E-state index in [1.165, 1.54) is 17.8 Å². The maximum Gasteiger partial charge on any atom is 0.342 e. The zero-order valence-corrected chi connectivity index (χ0v) is 8.86. The molecule has 0 spiro atoms. The summed E-state index contributed by atoms with van der Waals surface area (Å²) in [6, 6.07) is -0.634. The fourth-order valence-corrected chi connectivity index (χ4v) is 1.31. The molecule has 9 nitrogen and oxygen atoms in total. The third kappa shape index (κ3) is 2.13. The normalized spacial score (nSPS) is 19.8. The van der Waals surface area contributed by atoms with Crippen LogP contribution in [0.3, 0.4) is 0 Å². The van der Waals surface area contributed by atoms with Gasteiger partial charge in [-0.3, -0.25) is 14.6 Å². The van der Waals surface area contributed by atoms with Crippen LogP contribution in [0.25, 0.3) is 0 Å². The first kappa shape index (κ1) is 11.2. The van der Waals surface area contributed by atoms with Crippen LogP contribution in [-0.4, -0.2) is 39.2 Å². The van der Waals surface area contributed by atoms with Crippen LogP contribution in [0.2, 0.25) is 0 Å². The number of carbonyl (C=O) groups excluding carboxylic acids is 1. The van der Waals surface area contributed by atoms with E-state index in [9.17, 15) is 14.9 Å². The van der Waals surface area contributed by atoms with E-state index in [4.69, 9.17) is 0 Å². The number of hydrogen-bond acceptors (Lipinski definition) is 6. The lowest BCUT2D eigenvalue weighted by atomic mass is 10.3. The van der Waals surface area contributed by atoms with Crippen LogP contribution in [0.4, 0.5) is 5.82 Å². The molecule has 1 aromatic heterocycles. The maximum atomic E-state index is 11.1. The smallest absolute Gasteiger partial charge is 0.342 e. The highest BCUT2D eigenvalue weighted by Gasteiger charge is 2.24. The van der Waals surface area contributed by atoms with Crippen LogP contribution in [0.15, 0.2) is 11.2 Å². The number of aromatic nitrogens is 2. The van der Waals surface area contributed by atoms with Gasteiger partial charge in [0.1, 0.15) is 12.8 Å². The Balaban J connectivity index is 2.16. The molecule has 90 valence electrons. The summed E-state index contributed by atoms with van der Waals surface area (Å²) in [5.41, 5.74) is 2.16. The summed E-state index contributed by atoms with van der Waals surface area (Å²) in [6.45, 7) is 0.141. The van der Waals surface area contributed by atoms with Gasteiger partial charge in [-0.1, -0.05) is 0 Å². The molecule has 17 heavy (non-hydrogen) atoms. The van der Waals surface area contributed by atoms with Crippen molar-refractivity contribution in [1.82, 2.24) is 15.0 Å². The molecule has 0 bridgehead atoms. The van der Waals surface area contributed by atoms with Gasteiger partial charge in [-0.2, -0.15) is 0 Å². The molecule has 1 amide bonds. The Kier molecular flexibility index (Phi) is 2.83. The van der Waals surface area contributed by atoms with E-state index in [0.29, 0.717) is 5.82 Å². The highest BCUT2D eigenvalue weighted by Crippen LogP contribution is 2.10. The van der Waals surface area contributed by atoms with Crippen LogP contribution in [-0.2, 0) is 16.7 Å². The molecule has 2 heterocycles. The monoisotopic (exact) mass is 239 g/mol. The number of nitro groups is 1. The molecule has 1 saturated heterocycles.